The summed E-state index contributed by atoms with van der Waals surface area (Å²) in [7, 11) is -0.837. The Morgan fingerprint density at radius 1 is 1.00 bits per heavy atom. The van der Waals surface area contributed by atoms with E-state index >= 15 is 0 Å². The van der Waals surface area contributed by atoms with Crippen molar-refractivity contribution in [1.82, 2.24) is 0 Å². The zero-order chi connectivity index (χ0) is 11.6. The highest BCUT2D eigenvalue weighted by Gasteiger charge is 2.37. The van der Waals surface area contributed by atoms with E-state index in [4.69, 9.17) is 0 Å². The van der Waals surface area contributed by atoms with Gasteiger partial charge in [0.25, 0.3) is 0 Å². The first-order chi connectivity index (χ1) is 7.73. The van der Waals surface area contributed by atoms with Crippen molar-refractivity contribution in [3.63, 3.8) is 0 Å². The van der Waals surface area contributed by atoms with Crippen molar-refractivity contribution in [2.45, 2.75) is 64.2 Å². The minimum absolute atomic E-state index is 0.837. The fourth-order valence-electron chi connectivity index (χ4n) is 4.00. The molecule has 1 heteroatoms. The standard InChI is InChI=1S/C15H28Si/c1-4-16(5-2,6-3)10-9-15-12-13-7-8-14(15)11-13/h7-8,13-15H,4-6,9-12H2,1-3H3/t13-,14?,15?/m0/s1. The Hall–Kier alpha value is -0.0431. The van der Waals surface area contributed by atoms with Crippen molar-refractivity contribution in [3.8, 4) is 0 Å². The molecule has 3 atom stereocenters. The molecule has 2 aliphatic rings. The molecule has 16 heavy (non-hydrogen) atoms. The molecule has 0 heterocycles. The predicted octanol–water partition coefficient (Wildman–Crippen LogP) is 5.10. The first kappa shape index (κ1) is 12.4. The average Bonchev–Trinajstić information content (AvgIpc) is 2.93. The predicted molar refractivity (Wildman–Crippen MR) is 75.5 cm³/mol. The van der Waals surface area contributed by atoms with Gasteiger partial charge in [-0.3, -0.25) is 0 Å². The molecule has 0 aromatic rings. The van der Waals surface area contributed by atoms with E-state index in [1.807, 2.05) is 0 Å². The lowest BCUT2D eigenvalue weighted by Crippen LogP contribution is -2.31. The van der Waals surface area contributed by atoms with Crippen LogP contribution in [0.3, 0.4) is 0 Å². The maximum atomic E-state index is 2.52. The van der Waals surface area contributed by atoms with Crippen LogP contribution in [0.5, 0.6) is 0 Å². The molecule has 0 amide bonds. The highest BCUT2D eigenvalue weighted by atomic mass is 28.3. The highest BCUT2D eigenvalue weighted by Crippen LogP contribution is 2.46. The van der Waals surface area contributed by atoms with Gasteiger partial charge in [-0.1, -0.05) is 63.5 Å². The van der Waals surface area contributed by atoms with Gasteiger partial charge in [0, 0.05) is 0 Å². The van der Waals surface area contributed by atoms with Gasteiger partial charge in [0.1, 0.15) is 0 Å². The number of hydrogen-bond acceptors (Lipinski definition) is 0. The number of allylic oxidation sites excluding steroid dienone is 2. The summed E-state index contributed by atoms with van der Waals surface area (Å²) >= 11 is 0. The molecule has 0 radical (unpaired) electrons. The molecule has 0 aromatic carbocycles. The first-order valence-electron chi connectivity index (χ1n) is 7.41. The van der Waals surface area contributed by atoms with Gasteiger partial charge in [0.2, 0.25) is 0 Å². The number of rotatable bonds is 6. The molecule has 1 fully saturated rings. The summed E-state index contributed by atoms with van der Waals surface area (Å²) in [6.45, 7) is 7.33. The SMILES string of the molecule is CC[Si](CC)(CC)CCC1C[C@H]2C=CC1C2. The Bertz CT molecular complexity index is 244. The molecule has 2 aliphatic carbocycles. The molecule has 2 rings (SSSR count). The molecule has 0 aliphatic heterocycles. The normalized spacial score (nSPS) is 32.6. The van der Waals surface area contributed by atoms with Gasteiger partial charge >= 0.3 is 0 Å². The van der Waals surface area contributed by atoms with Crippen LogP contribution in [0.2, 0.25) is 24.2 Å². The van der Waals surface area contributed by atoms with Gasteiger partial charge in [-0.25, -0.2) is 0 Å². The Labute approximate surface area is 103 Å². The van der Waals surface area contributed by atoms with Gasteiger partial charge in [-0.2, -0.15) is 0 Å². The zero-order valence-electron chi connectivity index (χ0n) is 11.3. The summed E-state index contributed by atoms with van der Waals surface area (Å²) in [6, 6.07) is 6.14. The highest BCUT2D eigenvalue weighted by molar-refractivity contribution is 6.79. The third-order valence-corrected chi connectivity index (χ3v) is 11.6. The number of hydrogen-bond donors (Lipinski definition) is 0. The van der Waals surface area contributed by atoms with E-state index in [9.17, 15) is 0 Å². The number of fused-ring (bicyclic) bond motifs is 2. The lowest BCUT2D eigenvalue weighted by molar-refractivity contribution is 0.431. The second-order valence-corrected chi connectivity index (χ2v) is 11.8. The van der Waals surface area contributed by atoms with Crippen molar-refractivity contribution in [3.05, 3.63) is 12.2 Å². The van der Waals surface area contributed by atoms with Crippen molar-refractivity contribution >= 4 is 8.07 Å². The molecule has 2 bridgehead atoms. The Balaban J connectivity index is 1.84. The molecule has 0 aromatic heterocycles. The van der Waals surface area contributed by atoms with Crippen molar-refractivity contribution < 1.29 is 0 Å². The van der Waals surface area contributed by atoms with E-state index in [0.717, 1.165) is 17.8 Å². The van der Waals surface area contributed by atoms with Gasteiger partial charge in [0.05, 0.1) is 8.07 Å². The molecule has 0 saturated heterocycles. The van der Waals surface area contributed by atoms with E-state index in [1.165, 1.54) is 31.0 Å². The van der Waals surface area contributed by atoms with Gasteiger partial charge in [-0.15, -0.1) is 0 Å². The molecule has 0 nitrogen and oxygen atoms in total. The van der Waals surface area contributed by atoms with Crippen LogP contribution in [-0.2, 0) is 0 Å². The topological polar surface area (TPSA) is 0 Å². The van der Waals surface area contributed by atoms with Crippen LogP contribution in [-0.4, -0.2) is 8.07 Å². The van der Waals surface area contributed by atoms with Gasteiger partial charge < -0.3 is 0 Å². The summed E-state index contributed by atoms with van der Waals surface area (Å²) in [5.41, 5.74) is 0. The van der Waals surface area contributed by atoms with Crippen LogP contribution in [0, 0.1) is 17.8 Å². The summed E-state index contributed by atoms with van der Waals surface area (Å²) in [5, 5.41) is 0. The molecular weight excluding hydrogens is 208 g/mol. The maximum Gasteiger partial charge on any atom is 0.0527 e. The second-order valence-electron chi connectivity index (χ2n) is 6.14. The van der Waals surface area contributed by atoms with Crippen LogP contribution in [0.4, 0.5) is 0 Å². The second kappa shape index (κ2) is 5.08. The molecule has 92 valence electrons. The third kappa shape index (κ3) is 2.29. The van der Waals surface area contributed by atoms with E-state index in [1.54, 1.807) is 12.5 Å². The molecular formula is C15H28Si. The van der Waals surface area contributed by atoms with Crippen molar-refractivity contribution in [2.24, 2.45) is 17.8 Å². The molecule has 0 N–H and O–H groups in total. The quantitative estimate of drug-likeness (QED) is 0.445. The summed E-state index contributed by atoms with van der Waals surface area (Å²) in [5.74, 6) is 3.00. The summed E-state index contributed by atoms with van der Waals surface area (Å²) < 4.78 is 0. The Kier molecular flexibility index (Phi) is 3.94. The summed E-state index contributed by atoms with van der Waals surface area (Å²) in [6.07, 6.45) is 9.55. The van der Waals surface area contributed by atoms with Crippen molar-refractivity contribution in [1.29, 1.82) is 0 Å². The van der Waals surface area contributed by atoms with E-state index in [2.05, 4.69) is 32.9 Å². The van der Waals surface area contributed by atoms with E-state index in [0.29, 0.717) is 0 Å². The lowest BCUT2D eigenvalue weighted by atomic mass is 9.91. The first-order valence-corrected chi connectivity index (χ1v) is 10.2. The third-order valence-electron chi connectivity index (χ3n) is 5.71. The largest absolute Gasteiger partial charge is 0.0851 e. The van der Waals surface area contributed by atoms with E-state index < -0.39 is 8.07 Å². The van der Waals surface area contributed by atoms with Gasteiger partial charge in [0.15, 0.2) is 0 Å². The molecule has 0 spiro atoms. The van der Waals surface area contributed by atoms with Crippen LogP contribution in [0.25, 0.3) is 0 Å². The minimum atomic E-state index is -0.837. The molecule has 1 saturated carbocycles. The van der Waals surface area contributed by atoms with Crippen LogP contribution < -0.4 is 0 Å². The molecule has 2 unspecified atom stereocenters. The smallest absolute Gasteiger partial charge is 0.0527 e. The fourth-order valence-corrected chi connectivity index (χ4v) is 7.54. The fraction of sp³-hybridized carbons (Fsp3) is 0.867. The van der Waals surface area contributed by atoms with E-state index in [-0.39, 0.29) is 0 Å². The van der Waals surface area contributed by atoms with Gasteiger partial charge in [-0.05, 0) is 30.6 Å². The monoisotopic (exact) mass is 236 g/mol. The van der Waals surface area contributed by atoms with Crippen LogP contribution >= 0.6 is 0 Å². The van der Waals surface area contributed by atoms with Crippen molar-refractivity contribution in [2.75, 3.05) is 0 Å². The Morgan fingerprint density at radius 2 is 1.69 bits per heavy atom. The minimum Gasteiger partial charge on any atom is -0.0851 e. The average molecular weight is 236 g/mol. The Morgan fingerprint density at radius 3 is 2.12 bits per heavy atom. The maximum absolute atomic E-state index is 2.52. The van der Waals surface area contributed by atoms with Crippen LogP contribution in [0.15, 0.2) is 12.2 Å². The van der Waals surface area contributed by atoms with Crippen LogP contribution in [0.1, 0.15) is 40.0 Å². The lowest BCUT2D eigenvalue weighted by Gasteiger charge is -2.30. The zero-order valence-corrected chi connectivity index (χ0v) is 12.3. The summed E-state index contributed by atoms with van der Waals surface area (Å²) in [4.78, 5) is 0.